The maximum absolute atomic E-state index is 12.9. The Morgan fingerprint density at radius 3 is 0.988 bits per heavy atom. The zero-order valence-electron chi connectivity index (χ0n) is 52.1. The van der Waals surface area contributed by atoms with Crippen LogP contribution < -0.4 is 0 Å². The molecule has 0 heterocycles. The minimum absolute atomic E-state index is 0.177. The van der Waals surface area contributed by atoms with Gasteiger partial charge < -0.3 is 28.5 Å². The van der Waals surface area contributed by atoms with Crippen LogP contribution in [0.1, 0.15) is 232 Å². The molecule has 0 aliphatic rings. The number of rotatable bonds is 57. The molecule has 2 unspecified atom stereocenters. The molecule has 0 radical (unpaired) electrons. The first-order valence-corrected chi connectivity index (χ1v) is 32.0. The van der Waals surface area contributed by atoms with Crippen molar-refractivity contribution in [3.63, 3.8) is 0 Å². The lowest BCUT2D eigenvalue weighted by atomic mass is 10.0. The van der Waals surface area contributed by atoms with Crippen molar-refractivity contribution in [1.82, 2.24) is 0 Å². The van der Waals surface area contributed by atoms with E-state index in [1.165, 1.54) is 64.2 Å². The summed E-state index contributed by atoms with van der Waals surface area (Å²) in [5.74, 6) is -2.04. The number of carboxylic acid groups (broad SMARTS) is 1. The van der Waals surface area contributed by atoms with E-state index in [1.807, 2.05) is 21.1 Å². The highest BCUT2D eigenvalue weighted by molar-refractivity contribution is 5.71. The Morgan fingerprint density at radius 1 is 0.370 bits per heavy atom. The van der Waals surface area contributed by atoms with Crippen LogP contribution in [0.25, 0.3) is 0 Å². The lowest BCUT2D eigenvalue weighted by molar-refractivity contribution is -0.870. The van der Waals surface area contributed by atoms with Crippen LogP contribution >= 0.6 is 0 Å². The summed E-state index contributed by atoms with van der Waals surface area (Å²) in [5, 5.41) is 9.73. The summed E-state index contributed by atoms with van der Waals surface area (Å²) in [5.41, 5.74) is 0. The second-order valence-electron chi connectivity index (χ2n) is 22.0. The first-order chi connectivity index (χ1) is 39.6. The topological polar surface area (TPSA) is 108 Å². The number of unbranched alkanes of at least 4 members (excludes halogenated alkanes) is 18. The van der Waals surface area contributed by atoms with Crippen molar-refractivity contribution in [2.45, 2.75) is 245 Å². The summed E-state index contributed by atoms with van der Waals surface area (Å²) in [4.78, 5) is 37.5. The van der Waals surface area contributed by atoms with Crippen molar-refractivity contribution >= 4 is 17.9 Å². The molecule has 0 aliphatic heterocycles. The number of esters is 2. The molecule has 0 aliphatic carbocycles. The first-order valence-electron chi connectivity index (χ1n) is 32.0. The van der Waals surface area contributed by atoms with E-state index >= 15 is 0 Å². The molecule has 9 nitrogen and oxygen atoms in total. The van der Waals surface area contributed by atoms with E-state index in [1.54, 1.807) is 0 Å². The Bertz CT molecular complexity index is 1840. The fraction of sp³-hybridized carbons (Fsp3) is 0.625. The Kier molecular flexibility index (Phi) is 57.6. The maximum Gasteiger partial charge on any atom is 0.361 e. The molecular formula is C72H118NO8+. The molecule has 0 bridgehead atoms. The highest BCUT2D eigenvalue weighted by atomic mass is 16.7. The SMILES string of the molecule is CC/C=C\C/C=C\C/C=C\C/C=C\C/C=C\C/C=C\C/C=C\CCCCCCCCCCCCCCCC(=O)OC(COC(=O)CCCCCCC/C=C\C/C=C\C/C=C\C/C=C\C/C=C\CC)COC(OCC[N+](C)(C)C)C(=O)O. The summed E-state index contributed by atoms with van der Waals surface area (Å²) in [6, 6.07) is 0. The quantitative estimate of drug-likeness (QED) is 0.0211. The van der Waals surface area contributed by atoms with Gasteiger partial charge in [0.1, 0.15) is 13.2 Å². The van der Waals surface area contributed by atoms with Gasteiger partial charge in [-0.2, -0.15) is 0 Å². The molecule has 0 saturated carbocycles. The monoisotopic (exact) mass is 1120 g/mol. The average Bonchev–Trinajstić information content (AvgIpc) is 3.44. The summed E-state index contributed by atoms with van der Waals surface area (Å²) >= 11 is 0. The number of carbonyl (C=O) groups excluding carboxylic acids is 2. The number of carbonyl (C=O) groups is 3. The fourth-order valence-electron chi connectivity index (χ4n) is 8.26. The van der Waals surface area contributed by atoms with Gasteiger partial charge in [0.2, 0.25) is 0 Å². The zero-order valence-corrected chi connectivity index (χ0v) is 52.1. The predicted octanol–water partition coefficient (Wildman–Crippen LogP) is 19.6. The number of allylic oxidation sites excluding steroid dienone is 24. The molecule has 1 N–H and O–H groups in total. The smallest absolute Gasteiger partial charge is 0.361 e. The van der Waals surface area contributed by atoms with Gasteiger partial charge in [0, 0.05) is 12.8 Å². The van der Waals surface area contributed by atoms with Gasteiger partial charge in [0.15, 0.2) is 6.10 Å². The van der Waals surface area contributed by atoms with Crippen molar-refractivity contribution in [3.05, 3.63) is 146 Å². The molecule has 0 aromatic rings. The van der Waals surface area contributed by atoms with Crippen molar-refractivity contribution in [2.24, 2.45) is 0 Å². The van der Waals surface area contributed by atoms with Crippen LogP contribution in [0.3, 0.4) is 0 Å². The van der Waals surface area contributed by atoms with E-state index in [0.717, 1.165) is 135 Å². The van der Waals surface area contributed by atoms with E-state index < -0.39 is 24.3 Å². The third-order valence-electron chi connectivity index (χ3n) is 13.1. The molecule has 0 saturated heterocycles. The average molecular weight is 1130 g/mol. The van der Waals surface area contributed by atoms with Gasteiger partial charge in [-0.3, -0.25) is 9.59 Å². The second-order valence-corrected chi connectivity index (χ2v) is 22.0. The van der Waals surface area contributed by atoms with Gasteiger partial charge in [-0.15, -0.1) is 0 Å². The summed E-state index contributed by atoms with van der Waals surface area (Å²) in [6.45, 7) is 4.61. The van der Waals surface area contributed by atoms with Gasteiger partial charge in [0.25, 0.3) is 6.29 Å². The van der Waals surface area contributed by atoms with Crippen LogP contribution in [0, 0.1) is 0 Å². The predicted molar refractivity (Wildman–Crippen MR) is 345 cm³/mol. The van der Waals surface area contributed by atoms with Crippen molar-refractivity contribution in [3.8, 4) is 0 Å². The molecule has 81 heavy (non-hydrogen) atoms. The van der Waals surface area contributed by atoms with Gasteiger partial charge >= 0.3 is 17.9 Å². The van der Waals surface area contributed by atoms with Crippen LogP contribution in [0.4, 0.5) is 0 Å². The van der Waals surface area contributed by atoms with E-state index in [0.29, 0.717) is 17.4 Å². The largest absolute Gasteiger partial charge is 0.477 e. The number of aliphatic carboxylic acids is 1. The van der Waals surface area contributed by atoms with Crippen LogP contribution in [-0.2, 0) is 33.3 Å². The molecule has 0 spiro atoms. The Balaban J connectivity index is 4.21. The lowest BCUT2D eigenvalue weighted by Gasteiger charge is -2.25. The minimum atomic E-state index is -1.52. The molecule has 0 aromatic heterocycles. The van der Waals surface area contributed by atoms with Crippen LogP contribution in [0.2, 0.25) is 0 Å². The Hall–Kier alpha value is -4.83. The molecule has 0 aromatic carbocycles. The van der Waals surface area contributed by atoms with Crippen molar-refractivity contribution in [1.29, 1.82) is 0 Å². The van der Waals surface area contributed by atoms with Crippen molar-refractivity contribution in [2.75, 3.05) is 47.5 Å². The standard InChI is InChI=1S/C72H117NO8/c1-6-8-10-12-14-16-18-20-22-24-26-28-29-30-31-32-33-34-35-36-37-38-39-40-41-43-45-47-49-51-53-55-57-59-61-63-70(75)81-68(67-80-72(71(76)77)78-65-64-73(3,4)5)66-79-69(74)62-60-58-56-54-52-50-48-46-44-42-27-25-23-21-19-17-15-13-11-9-7-2/h8-11,14-17,20-23,26-28,30-31,33-34,36-37,42,46,48,68,72H,6-7,12-13,18-19,24-25,29,32,35,38-41,43-45,47,49-67H2,1-5H3/p+1/b10-8-,11-9-,16-14-,17-15-,22-20-,23-21-,28-26-,31-30-,34-33-,37-36-,42-27-,48-46-. The minimum Gasteiger partial charge on any atom is -0.477 e. The summed E-state index contributed by atoms with van der Waals surface area (Å²) in [6.07, 6.45) is 86.5. The lowest BCUT2D eigenvalue weighted by Crippen LogP contribution is -2.40. The van der Waals surface area contributed by atoms with E-state index in [2.05, 4.69) is 160 Å². The van der Waals surface area contributed by atoms with Crippen LogP contribution in [0.15, 0.2) is 146 Å². The first kappa shape index (κ1) is 76.2. The normalized spacial score (nSPS) is 13.7. The molecule has 0 amide bonds. The van der Waals surface area contributed by atoms with Crippen molar-refractivity contribution < 1.29 is 42.9 Å². The number of hydrogen-bond donors (Lipinski definition) is 1. The molecule has 0 fully saturated rings. The maximum atomic E-state index is 12.9. The number of quaternary nitrogens is 1. The molecule has 0 rings (SSSR count). The molecule has 9 heteroatoms. The fourth-order valence-corrected chi connectivity index (χ4v) is 8.26. The highest BCUT2D eigenvalue weighted by Crippen LogP contribution is 2.15. The summed E-state index contributed by atoms with van der Waals surface area (Å²) in [7, 11) is 5.96. The van der Waals surface area contributed by atoms with Gasteiger partial charge in [-0.05, 0) is 116 Å². The number of ether oxygens (including phenoxy) is 4. The van der Waals surface area contributed by atoms with E-state index in [-0.39, 0.29) is 38.6 Å². The van der Waals surface area contributed by atoms with Crippen LogP contribution in [-0.4, -0.2) is 87.4 Å². The highest BCUT2D eigenvalue weighted by Gasteiger charge is 2.25. The molecule has 458 valence electrons. The Morgan fingerprint density at radius 2 is 0.667 bits per heavy atom. The number of nitrogens with zero attached hydrogens (tertiary/aromatic N) is 1. The Labute approximate surface area is 496 Å². The number of likely N-dealkylation sites (N-methyl/N-ethyl adjacent to an activating group) is 1. The summed E-state index contributed by atoms with van der Waals surface area (Å²) < 4.78 is 22.9. The van der Waals surface area contributed by atoms with Gasteiger partial charge in [-0.25, -0.2) is 4.79 Å². The number of hydrogen-bond acceptors (Lipinski definition) is 7. The zero-order chi connectivity index (χ0) is 59.1. The second kappa shape index (κ2) is 61.2. The van der Waals surface area contributed by atoms with Gasteiger partial charge in [0.05, 0.1) is 34.4 Å². The molecule has 2 atom stereocenters. The van der Waals surface area contributed by atoms with E-state index in [9.17, 15) is 19.5 Å². The molecular weight excluding hydrogens is 1010 g/mol. The van der Waals surface area contributed by atoms with Gasteiger partial charge in [-0.1, -0.05) is 250 Å². The number of carboxylic acids is 1. The third kappa shape index (κ3) is 62.6. The van der Waals surface area contributed by atoms with E-state index in [4.69, 9.17) is 18.9 Å². The third-order valence-corrected chi connectivity index (χ3v) is 13.1. The van der Waals surface area contributed by atoms with Crippen LogP contribution in [0.5, 0.6) is 0 Å².